The van der Waals surface area contributed by atoms with E-state index in [9.17, 15) is 4.79 Å². The highest BCUT2D eigenvalue weighted by Gasteiger charge is 2.06. The van der Waals surface area contributed by atoms with E-state index in [1.807, 2.05) is 6.07 Å². The summed E-state index contributed by atoms with van der Waals surface area (Å²) in [6.45, 7) is 0.624. The molecule has 0 unspecified atom stereocenters. The van der Waals surface area contributed by atoms with E-state index in [-0.39, 0.29) is 5.56 Å². The summed E-state index contributed by atoms with van der Waals surface area (Å²) in [5.74, 6) is 0.826. The summed E-state index contributed by atoms with van der Waals surface area (Å²) in [7, 11) is 0. The Kier molecular flexibility index (Phi) is 0.943. The van der Waals surface area contributed by atoms with Crippen molar-refractivity contribution >= 4 is 5.82 Å². The van der Waals surface area contributed by atoms with Crippen molar-refractivity contribution in [3.63, 3.8) is 0 Å². The quantitative estimate of drug-likeness (QED) is 0.519. The first-order valence-corrected chi connectivity index (χ1v) is 3.08. The van der Waals surface area contributed by atoms with Gasteiger partial charge in [-0.05, 0) is 6.07 Å². The second-order valence-corrected chi connectivity index (χ2v) is 2.10. The van der Waals surface area contributed by atoms with Gasteiger partial charge >= 0.3 is 0 Å². The number of anilines is 1. The van der Waals surface area contributed by atoms with Gasteiger partial charge in [-0.1, -0.05) is 6.07 Å². The number of hydrogen-bond acceptors (Lipinski definition) is 3. The Morgan fingerprint density at radius 2 is 2.40 bits per heavy atom. The van der Waals surface area contributed by atoms with Gasteiger partial charge in [0, 0.05) is 6.07 Å². The normalized spacial score (nSPS) is 13.6. The number of nitrogens with zero attached hydrogens (tertiary/aromatic N) is 1. The van der Waals surface area contributed by atoms with Gasteiger partial charge in [-0.2, -0.15) is 0 Å². The molecule has 0 saturated heterocycles. The van der Waals surface area contributed by atoms with Crippen molar-refractivity contribution in [2.45, 2.75) is 0 Å². The van der Waals surface area contributed by atoms with Crippen LogP contribution in [0.1, 0.15) is 0 Å². The summed E-state index contributed by atoms with van der Waals surface area (Å²) in [6.07, 6.45) is 0. The molecule has 1 aliphatic rings. The van der Waals surface area contributed by atoms with Crippen molar-refractivity contribution in [2.75, 3.05) is 17.4 Å². The van der Waals surface area contributed by atoms with Crippen LogP contribution in [-0.4, -0.2) is 11.3 Å². The molecule has 0 radical (unpaired) electrons. The first-order valence-electron chi connectivity index (χ1n) is 3.08. The van der Waals surface area contributed by atoms with Gasteiger partial charge in [0.1, 0.15) is 12.5 Å². The zero-order valence-corrected chi connectivity index (χ0v) is 5.29. The van der Waals surface area contributed by atoms with Crippen molar-refractivity contribution in [3.05, 3.63) is 28.6 Å². The molecule has 10 heavy (non-hydrogen) atoms. The van der Waals surface area contributed by atoms with E-state index in [2.05, 4.69) is 10.7 Å². The molecule has 0 fully saturated rings. The fraction of sp³-hybridized carbons (Fsp3) is 0.167. The maximum atomic E-state index is 11.0. The first kappa shape index (κ1) is 5.34. The van der Waals surface area contributed by atoms with Gasteiger partial charge in [-0.25, -0.2) is 4.68 Å². The van der Waals surface area contributed by atoms with Crippen LogP contribution in [0.15, 0.2) is 23.0 Å². The number of fused-ring (bicyclic) bond motifs is 1. The predicted molar refractivity (Wildman–Crippen MR) is 38.6 cm³/mol. The highest BCUT2D eigenvalue weighted by atomic mass is 16.1. The third-order valence-electron chi connectivity index (χ3n) is 1.46. The lowest BCUT2D eigenvalue weighted by atomic mass is 10.5. The largest absolute Gasteiger partial charge is 0.351 e. The maximum absolute atomic E-state index is 11.0. The van der Waals surface area contributed by atoms with E-state index in [0.717, 1.165) is 5.82 Å². The highest BCUT2D eigenvalue weighted by molar-refractivity contribution is 5.39. The molecule has 4 heteroatoms. The van der Waals surface area contributed by atoms with E-state index >= 15 is 0 Å². The Bertz CT molecular complexity index is 304. The monoisotopic (exact) mass is 137 g/mol. The van der Waals surface area contributed by atoms with E-state index in [0.29, 0.717) is 6.67 Å². The minimum absolute atomic E-state index is 0.0255. The van der Waals surface area contributed by atoms with E-state index in [1.165, 1.54) is 10.7 Å². The van der Waals surface area contributed by atoms with E-state index in [4.69, 9.17) is 0 Å². The van der Waals surface area contributed by atoms with Crippen LogP contribution in [0.5, 0.6) is 0 Å². The van der Waals surface area contributed by atoms with Gasteiger partial charge in [0.2, 0.25) is 0 Å². The summed E-state index contributed by atoms with van der Waals surface area (Å²) >= 11 is 0. The average molecular weight is 137 g/mol. The zero-order chi connectivity index (χ0) is 6.97. The summed E-state index contributed by atoms with van der Waals surface area (Å²) in [6, 6.07) is 5.10. The van der Waals surface area contributed by atoms with Crippen LogP contribution in [0, 0.1) is 0 Å². The number of pyridine rings is 1. The molecule has 0 bridgehead atoms. The van der Waals surface area contributed by atoms with Crippen LogP contribution >= 0.6 is 0 Å². The minimum Gasteiger partial charge on any atom is -0.351 e. The number of aromatic nitrogens is 1. The Balaban J connectivity index is 2.70. The Labute approximate surface area is 57.5 Å². The SMILES string of the molecule is O=c1cccc2n1NCN2. The van der Waals surface area contributed by atoms with Gasteiger partial charge in [0.05, 0.1) is 0 Å². The van der Waals surface area contributed by atoms with Gasteiger partial charge in [-0.3, -0.25) is 4.79 Å². The molecule has 1 aliphatic heterocycles. The van der Waals surface area contributed by atoms with Crippen LogP contribution in [0.4, 0.5) is 5.82 Å². The molecule has 2 rings (SSSR count). The third kappa shape index (κ3) is 0.586. The van der Waals surface area contributed by atoms with Crippen LogP contribution in [-0.2, 0) is 0 Å². The molecule has 0 spiro atoms. The van der Waals surface area contributed by atoms with Gasteiger partial charge < -0.3 is 10.7 Å². The average Bonchev–Trinajstić information content (AvgIpc) is 2.36. The second-order valence-electron chi connectivity index (χ2n) is 2.10. The lowest BCUT2D eigenvalue weighted by molar-refractivity contribution is 0.912. The molecule has 2 heterocycles. The Hall–Kier alpha value is -1.45. The Morgan fingerprint density at radius 1 is 1.50 bits per heavy atom. The smallest absolute Gasteiger partial charge is 0.270 e. The van der Waals surface area contributed by atoms with Crippen molar-refractivity contribution in [1.29, 1.82) is 0 Å². The molecule has 2 N–H and O–H groups in total. The van der Waals surface area contributed by atoms with Crippen molar-refractivity contribution < 1.29 is 0 Å². The third-order valence-corrected chi connectivity index (χ3v) is 1.46. The molecule has 0 aromatic carbocycles. The number of hydrogen-bond donors (Lipinski definition) is 2. The van der Waals surface area contributed by atoms with Crippen molar-refractivity contribution in [2.24, 2.45) is 0 Å². The zero-order valence-electron chi connectivity index (χ0n) is 5.29. The summed E-state index contributed by atoms with van der Waals surface area (Å²) in [4.78, 5) is 11.0. The minimum atomic E-state index is -0.0255. The second kappa shape index (κ2) is 1.76. The maximum Gasteiger partial charge on any atom is 0.270 e. The molecular formula is C6H7N3O. The molecule has 52 valence electrons. The molecular weight excluding hydrogens is 130 g/mol. The fourth-order valence-electron chi connectivity index (χ4n) is 1.000. The molecule has 0 atom stereocenters. The Morgan fingerprint density at radius 3 is 3.20 bits per heavy atom. The van der Waals surface area contributed by atoms with Gasteiger partial charge in [0.25, 0.3) is 5.56 Å². The molecule has 1 aromatic heterocycles. The molecule has 0 aliphatic carbocycles. The topological polar surface area (TPSA) is 46.1 Å². The van der Waals surface area contributed by atoms with Crippen molar-refractivity contribution in [3.8, 4) is 0 Å². The fourth-order valence-corrected chi connectivity index (χ4v) is 1.000. The molecule has 0 saturated carbocycles. The highest BCUT2D eigenvalue weighted by Crippen LogP contribution is 2.04. The van der Waals surface area contributed by atoms with Crippen molar-refractivity contribution in [1.82, 2.24) is 4.68 Å². The van der Waals surface area contributed by atoms with Gasteiger partial charge in [-0.15, -0.1) is 0 Å². The molecule has 4 nitrogen and oxygen atoms in total. The number of rotatable bonds is 0. The lowest BCUT2D eigenvalue weighted by Gasteiger charge is -1.97. The first-order chi connectivity index (χ1) is 4.88. The van der Waals surface area contributed by atoms with Crippen LogP contribution in [0.25, 0.3) is 0 Å². The summed E-state index contributed by atoms with van der Waals surface area (Å²) < 4.78 is 1.49. The molecule has 1 aromatic rings. The standard InChI is InChI=1S/C6H7N3O/c10-6-3-1-2-5-7-4-8-9(5)6/h1-3,7-8H,4H2. The van der Waals surface area contributed by atoms with Crippen LogP contribution < -0.4 is 16.3 Å². The predicted octanol–water partition coefficient (Wildman–Crippen LogP) is -0.225. The van der Waals surface area contributed by atoms with Crippen LogP contribution in [0.3, 0.4) is 0 Å². The summed E-state index contributed by atoms with van der Waals surface area (Å²) in [5, 5.41) is 2.99. The molecule has 0 amide bonds. The van der Waals surface area contributed by atoms with E-state index < -0.39 is 0 Å². The van der Waals surface area contributed by atoms with E-state index in [1.54, 1.807) is 6.07 Å². The number of nitrogens with one attached hydrogen (secondary N) is 2. The lowest BCUT2D eigenvalue weighted by Crippen LogP contribution is -2.22. The van der Waals surface area contributed by atoms with Crippen LogP contribution in [0.2, 0.25) is 0 Å². The van der Waals surface area contributed by atoms with Gasteiger partial charge in [0.15, 0.2) is 0 Å². The summed E-state index contributed by atoms with van der Waals surface area (Å²) in [5.41, 5.74) is 2.84.